The van der Waals surface area contributed by atoms with E-state index in [1.807, 2.05) is 0 Å². The Hall–Kier alpha value is -0.630. The number of hydrogen-bond donors (Lipinski definition) is 0. The van der Waals surface area contributed by atoms with E-state index < -0.39 is 0 Å². The van der Waals surface area contributed by atoms with Gasteiger partial charge in [0.25, 0.3) is 0 Å². The van der Waals surface area contributed by atoms with Gasteiger partial charge in [0.2, 0.25) is 5.28 Å². The molecule has 0 aromatic carbocycles. The molecule has 0 fully saturated rings. The van der Waals surface area contributed by atoms with Crippen LogP contribution in [-0.2, 0) is 5.41 Å². The van der Waals surface area contributed by atoms with Gasteiger partial charge in [0.1, 0.15) is 0 Å². The number of halogens is 1. The van der Waals surface area contributed by atoms with E-state index in [1.165, 1.54) is 0 Å². The fraction of sp³-hybridized carbons (Fsp3) is 0.556. The summed E-state index contributed by atoms with van der Waals surface area (Å²) in [6.45, 7) is 6.48. The Balaban J connectivity index is 2.96. The summed E-state index contributed by atoms with van der Waals surface area (Å²) < 4.78 is 0. The normalized spacial score (nSPS) is 11.7. The fourth-order valence-electron chi connectivity index (χ4n) is 0.866. The highest BCUT2D eigenvalue weighted by Gasteiger charge is 2.18. The van der Waals surface area contributed by atoms with Crippen LogP contribution in [0.25, 0.3) is 0 Å². The molecule has 0 atom stereocenters. The zero-order valence-electron chi connectivity index (χ0n) is 7.63. The van der Waals surface area contributed by atoms with Crippen LogP contribution >= 0.6 is 11.6 Å². The maximum atomic E-state index is 5.58. The summed E-state index contributed by atoms with van der Waals surface area (Å²) in [5, 5.41) is 0.311. The molecule has 0 bridgehead atoms. The highest BCUT2D eigenvalue weighted by Crippen LogP contribution is 2.25. The Kier molecular flexibility index (Phi) is 2.68. The predicted octanol–water partition coefficient (Wildman–Crippen LogP) is 2.82. The van der Waals surface area contributed by atoms with Gasteiger partial charge in [-0.25, -0.2) is 9.97 Å². The average Bonchev–Trinajstić information content (AvgIpc) is 2.05. The second-order valence-electron chi connectivity index (χ2n) is 3.48. The molecule has 0 aliphatic rings. The number of hydrogen-bond acceptors (Lipinski definition) is 2. The molecule has 0 saturated heterocycles. The van der Waals surface area contributed by atoms with Crippen LogP contribution in [0.1, 0.15) is 32.8 Å². The molecule has 3 heteroatoms. The first kappa shape index (κ1) is 9.46. The van der Waals surface area contributed by atoms with E-state index in [2.05, 4.69) is 30.7 Å². The molecule has 12 heavy (non-hydrogen) atoms. The first-order valence-corrected chi connectivity index (χ1v) is 4.42. The minimum atomic E-state index is 0.143. The van der Waals surface area contributed by atoms with Gasteiger partial charge in [-0.1, -0.05) is 20.8 Å². The van der Waals surface area contributed by atoms with Crippen molar-refractivity contribution in [1.82, 2.24) is 9.97 Å². The summed E-state index contributed by atoms with van der Waals surface area (Å²) in [5.41, 5.74) is 1.28. The minimum Gasteiger partial charge on any atom is -0.226 e. The lowest BCUT2D eigenvalue weighted by atomic mass is 9.84. The standard InChI is InChI=1S/C9H13ClN2/c1-4-9(2,3)7-5-11-8(10)12-6-7/h5-6H,4H2,1-3H3. The number of nitrogens with zero attached hydrogens (tertiary/aromatic N) is 2. The van der Waals surface area contributed by atoms with Gasteiger partial charge in [-0.2, -0.15) is 0 Å². The van der Waals surface area contributed by atoms with Crippen molar-refractivity contribution in [2.45, 2.75) is 32.6 Å². The van der Waals surface area contributed by atoms with Gasteiger partial charge < -0.3 is 0 Å². The van der Waals surface area contributed by atoms with Gasteiger partial charge in [-0.3, -0.25) is 0 Å². The van der Waals surface area contributed by atoms with Crippen LogP contribution in [0.3, 0.4) is 0 Å². The first-order chi connectivity index (χ1) is 5.56. The third-order valence-corrected chi connectivity index (χ3v) is 2.48. The molecular weight excluding hydrogens is 172 g/mol. The van der Waals surface area contributed by atoms with Crippen LogP contribution in [0.4, 0.5) is 0 Å². The van der Waals surface area contributed by atoms with Crippen LogP contribution in [-0.4, -0.2) is 9.97 Å². The zero-order chi connectivity index (χ0) is 9.19. The molecular formula is C9H13ClN2. The molecule has 0 unspecified atom stereocenters. The monoisotopic (exact) mass is 184 g/mol. The molecule has 0 saturated carbocycles. The second kappa shape index (κ2) is 3.40. The molecule has 0 spiro atoms. The lowest BCUT2D eigenvalue weighted by Gasteiger charge is -2.21. The van der Waals surface area contributed by atoms with Crippen molar-refractivity contribution < 1.29 is 0 Å². The van der Waals surface area contributed by atoms with Crippen molar-refractivity contribution in [3.63, 3.8) is 0 Å². The molecule has 0 radical (unpaired) electrons. The van der Waals surface area contributed by atoms with Gasteiger partial charge >= 0.3 is 0 Å². The minimum absolute atomic E-state index is 0.143. The Bertz CT molecular complexity index is 254. The van der Waals surface area contributed by atoms with Crippen LogP contribution in [0.5, 0.6) is 0 Å². The van der Waals surface area contributed by atoms with Gasteiger partial charge in [-0.05, 0) is 29.0 Å². The van der Waals surface area contributed by atoms with Crippen molar-refractivity contribution in [3.05, 3.63) is 23.2 Å². The third kappa shape index (κ3) is 1.95. The molecule has 2 nitrogen and oxygen atoms in total. The summed E-state index contributed by atoms with van der Waals surface area (Å²) >= 11 is 5.58. The largest absolute Gasteiger partial charge is 0.226 e. The molecule has 1 heterocycles. The van der Waals surface area contributed by atoms with Crippen molar-refractivity contribution in [2.75, 3.05) is 0 Å². The Morgan fingerprint density at radius 2 is 1.83 bits per heavy atom. The van der Waals surface area contributed by atoms with E-state index in [-0.39, 0.29) is 5.41 Å². The molecule has 0 N–H and O–H groups in total. The lowest BCUT2D eigenvalue weighted by molar-refractivity contribution is 0.502. The van der Waals surface area contributed by atoms with Crippen LogP contribution in [0, 0.1) is 0 Å². The maximum Gasteiger partial charge on any atom is 0.222 e. The van der Waals surface area contributed by atoms with E-state index in [0.29, 0.717) is 5.28 Å². The molecule has 0 aliphatic heterocycles. The van der Waals surface area contributed by atoms with Crippen molar-refractivity contribution >= 4 is 11.6 Å². The lowest BCUT2D eigenvalue weighted by Crippen LogP contribution is -2.15. The van der Waals surface area contributed by atoms with Crippen molar-refractivity contribution in [3.8, 4) is 0 Å². The number of aromatic nitrogens is 2. The Morgan fingerprint density at radius 1 is 1.33 bits per heavy atom. The quantitative estimate of drug-likeness (QED) is 0.661. The number of rotatable bonds is 2. The van der Waals surface area contributed by atoms with E-state index >= 15 is 0 Å². The predicted molar refractivity (Wildman–Crippen MR) is 50.4 cm³/mol. The molecule has 1 aromatic rings. The first-order valence-electron chi connectivity index (χ1n) is 4.04. The van der Waals surface area contributed by atoms with Gasteiger partial charge in [0.15, 0.2) is 0 Å². The van der Waals surface area contributed by atoms with E-state index in [9.17, 15) is 0 Å². The second-order valence-corrected chi connectivity index (χ2v) is 3.82. The van der Waals surface area contributed by atoms with Crippen LogP contribution < -0.4 is 0 Å². The van der Waals surface area contributed by atoms with Crippen LogP contribution in [0.15, 0.2) is 12.4 Å². The highest BCUT2D eigenvalue weighted by atomic mass is 35.5. The maximum absolute atomic E-state index is 5.58. The summed E-state index contributed by atoms with van der Waals surface area (Å²) in [6, 6.07) is 0. The van der Waals surface area contributed by atoms with Crippen molar-refractivity contribution in [2.24, 2.45) is 0 Å². The highest BCUT2D eigenvalue weighted by molar-refractivity contribution is 6.28. The third-order valence-electron chi connectivity index (χ3n) is 2.29. The van der Waals surface area contributed by atoms with E-state index in [0.717, 1.165) is 12.0 Å². The smallest absolute Gasteiger partial charge is 0.222 e. The van der Waals surface area contributed by atoms with Gasteiger partial charge in [0.05, 0.1) is 0 Å². The summed E-state index contributed by atoms with van der Waals surface area (Å²) in [6.07, 6.45) is 4.65. The Morgan fingerprint density at radius 3 is 2.25 bits per heavy atom. The van der Waals surface area contributed by atoms with Gasteiger partial charge in [0, 0.05) is 12.4 Å². The SMILES string of the molecule is CCC(C)(C)c1cnc(Cl)nc1. The average molecular weight is 185 g/mol. The van der Waals surface area contributed by atoms with Crippen LogP contribution in [0.2, 0.25) is 5.28 Å². The fourth-order valence-corrected chi connectivity index (χ4v) is 0.963. The topological polar surface area (TPSA) is 25.8 Å². The van der Waals surface area contributed by atoms with Gasteiger partial charge in [-0.15, -0.1) is 0 Å². The van der Waals surface area contributed by atoms with E-state index in [1.54, 1.807) is 12.4 Å². The molecule has 0 amide bonds. The van der Waals surface area contributed by atoms with Crippen molar-refractivity contribution in [1.29, 1.82) is 0 Å². The Labute approximate surface area is 78.0 Å². The molecule has 0 aliphatic carbocycles. The summed E-state index contributed by atoms with van der Waals surface area (Å²) in [7, 11) is 0. The zero-order valence-corrected chi connectivity index (χ0v) is 8.39. The molecule has 1 aromatic heterocycles. The van der Waals surface area contributed by atoms with E-state index in [4.69, 9.17) is 11.6 Å². The summed E-state index contributed by atoms with van der Waals surface area (Å²) in [5.74, 6) is 0. The summed E-state index contributed by atoms with van der Waals surface area (Å²) in [4.78, 5) is 7.90. The molecule has 66 valence electrons. The molecule has 1 rings (SSSR count).